The molecule has 0 radical (unpaired) electrons. The normalized spacial score (nSPS) is 12.2. The van der Waals surface area contributed by atoms with Gasteiger partial charge in [-0.15, -0.1) is 0 Å². The summed E-state index contributed by atoms with van der Waals surface area (Å²) in [6.07, 6.45) is 11.1. The summed E-state index contributed by atoms with van der Waals surface area (Å²) in [5.74, 6) is 1.02. The van der Waals surface area contributed by atoms with Gasteiger partial charge in [-0.25, -0.2) is 10.9 Å². The van der Waals surface area contributed by atoms with Gasteiger partial charge in [0.2, 0.25) is 11.9 Å². The molecule has 2 heterocycles. The number of nitrogens with two attached hydrogens (primary N) is 2. The lowest BCUT2D eigenvalue weighted by Gasteiger charge is -2.00. The standard InChI is InChI=1S/C18H19N5O.C15H21N5O/c19-18(20-9-8-13-4-2-1-3-5-13)23-22-12-14-11-21-17-7-6-15(24)10-16(14)17;1-2-3-4-7-17-15(16)20-19-10-11-9-18-14-6-5-12(21)8-13(11)14/h1-7,10-12,21,24H,8-9H2,(H3,19,20,23);5-6,8-10,18,21H,2-4,7H2,1H3,(H3,16,17,20)/b22-12+;19-10+. The maximum Gasteiger partial charge on any atom is 0.209 e. The number of phenols is 2. The van der Waals surface area contributed by atoms with Gasteiger partial charge in [0.15, 0.2) is 0 Å². The zero-order valence-corrected chi connectivity index (χ0v) is 25.2. The highest BCUT2D eigenvalue weighted by atomic mass is 16.3. The van der Waals surface area contributed by atoms with Crippen LogP contribution in [0.2, 0.25) is 0 Å². The first-order chi connectivity index (χ1) is 21.9. The summed E-state index contributed by atoms with van der Waals surface area (Å²) >= 11 is 0. The predicted molar refractivity (Wildman–Crippen MR) is 184 cm³/mol. The van der Waals surface area contributed by atoms with E-state index >= 15 is 0 Å². The monoisotopic (exact) mass is 608 g/mol. The average molecular weight is 609 g/mol. The van der Waals surface area contributed by atoms with Crippen LogP contribution in [0.1, 0.15) is 42.9 Å². The SMILES string of the molecule is CCCCCN=C(N)N/N=C/c1c[nH]c2ccc(O)cc12.NC(=NCCc1ccccc1)N/N=C/c1c[nH]c2ccc(O)cc12. The van der Waals surface area contributed by atoms with Crippen molar-refractivity contribution in [2.24, 2.45) is 31.7 Å². The van der Waals surface area contributed by atoms with E-state index in [1.54, 1.807) is 36.7 Å². The van der Waals surface area contributed by atoms with E-state index in [1.807, 2.05) is 42.7 Å². The molecule has 0 saturated heterocycles. The van der Waals surface area contributed by atoms with Crippen molar-refractivity contribution in [1.82, 2.24) is 20.8 Å². The molecule has 0 bridgehead atoms. The van der Waals surface area contributed by atoms with E-state index in [-0.39, 0.29) is 17.5 Å². The summed E-state index contributed by atoms with van der Waals surface area (Å²) in [7, 11) is 0. The number of guanidine groups is 2. The Bertz CT molecular complexity index is 1770. The van der Waals surface area contributed by atoms with Gasteiger partial charge in [0.05, 0.1) is 12.4 Å². The van der Waals surface area contributed by atoms with E-state index in [0.717, 1.165) is 58.6 Å². The molecule has 0 spiro atoms. The second kappa shape index (κ2) is 16.8. The van der Waals surface area contributed by atoms with Gasteiger partial charge >= 0.3 is 0 Å². The van der Waals surface area contributed by atoms with Gasteiger partial charge in [-0.3, -0.25) is 9.98 Å². The number of benzene rings is 3. The smallest absolute Gasteiger partial charge is 0.209 e. The number of nitrogens with one attached hydrogen (secondary N) is 4. The molecule has 5 rings (SSSR count). The quantitative estimate of drug-likeness (QED) is 0.0464. The van der Waals surface area contributed by atoms with Gasteiger partial charge in [0.25, 0.3) is 0 Å². The fourth-order valence-electron chi connectivity index (χ4n) is 4.39. The number of hydrogen-bond acceptors (Lipinski definition) is 6. The van der Waals surface area contributed by atoms with Crippen LogP contribution in [0.3, 0.4) is 0 Å². The number of hydrogen-bond donors (Lipinski definition) is 8. The lowest BCUT2D eigenvalue weighted by Crippen LogP contribution is -2.27. The van der Waals surface area contributed by atoms with Crippen molar-refractivity contribution in [2.45, 2.75) is 32.6 Å². The van der Waals surface area contributed by atoms with Crippen molar-refractivity contribution in [3.8, 4) is 11.5 Å². The Kier molecular flexibility index (Phi) is 12.0. The molecular formula is C33H40N10O2. The summed E-state index contributed by atoms with van der Waals surface area (Å²) in [6.45, 7) is 3.46. The van der Waals surface area contributed by atoms with Gasteiger partial charge in [0.1, 0.15) is 11.5 Å². The largest absolute Gasteiger partial charge is 0.508 e. The molecule has 12 nitrogen and oxygen atoms in total. The van der Waals surface area contributed by atoms with Crippen LogP contribution in [-0.2, 0) is 6.42 Å². The van der Waals surface area contributed by atoms with E-state index < -0.39 is 0 Å². The van der Waals surface area contributed by atoms with E-state index in [4.69, 9.17) is 11.5 Å². The minimum absolute atomic E-state index is 0.215. The van der Waals surface area contributed by atoms with Crippen molar-refractivity contribution < 1.29 is 10.2 Å². The molecule has 3 aromatic carbocycles. The molecule has 0 aliphatic heterocycles. The third kappa shape index (κ3) is 10.2. The lowest BCUT2D eigenvalue weighted by atomic mass is 10.2. The number of aromatic hydroxyl groups is 2. The van der Waals surface area contributed by atoms with Gasteiger partial charge in [0, 0.05) is 58.4 Å². The Morgan fingerprint density at radius 1 is 0.733 bits per heavy atom. The summed E-state index contributed by atoms with van der Waals surface area (Å²) in [6, 6.07) is 20.4. The lowest BCUT2D eigenvalue weighted by molar-refractivity contribution is 0.475. The average Bonchev–Trinajstić information content (AvgIpc) is 3.63. The molecule has 5 aromatic rings. The van der Waals surface area contributed by atoms with E-state index in [0.29, 0.717) is 19.0 Å². The number of nitrogens with zero attached hydrogens (tertiary/aromatic N) is 4. The molecule has 234 valence electrons. The van der Waals surface area contributed by atoms with Gasteiger partial charge in [-0.1, -0.05) is 50.1 Å². The van der Waals surface area contributed by atoms with Crippen LogP contribution < -0.4 is 22.3 Å². The number of aliphatic imine (C=N–C) groups is 2. The first-order valence-electron chi connectivity index (χ1n) is 14.7. The van der Waals surface area contributed by atoms with Crippen LogP contribution in [0, 0.1) is 0 Å². The predicted octanol–water partition coefficient (Wildman–Crippen LogP) is 4.66. The Morgan fingerprint density at radius 3 is 1.80 bits per heavy atom. The Labute approximate surface area is 261 Å². The van der Waals surface area contributed by atoms with Crippen molar-refractivity contribution >= 4 is 46.2 Å². The Balaban J connectivity index is 0.000000207. The van der Waals surface area contributed by atoms with Crippen LogP contribution in [0.25, 0.3) is 21.8 Å². The summed E-state index contributed by atoms with van der Waals surface area (Å²) in [4.78, 5) is 14.6. The van der Waals surface area contributed by atoms with Crippen molar-refractivity contribution in [1.29, 1.82) is 0 Å². The second-order valence-corrected chi connectivity index (χ2v) is 10.2. The highest BCUT2D eigenvalue weighted by molar-refractivity contribution is 6.00. The summed E-state index contributed by atoms with van der Waals surface area (Å²) < 4.78 is 0. The number of aromatic nitrogens is 2. The topological polar surface area (TPSA) is 198 Å². The van der Waals surface area contributed by atoms with Gasteiger partial charge in [-0.2, -0.15) is 10.2 Å². The molecular weight excluding hydrogens is 568 g/mol. The van der Waals surface area contributed by atoms with Crippen LogP contribution in [-0.4, -0.2) is 57.6 Å². The van der Waals surface area contributed by atoms with Crippen molar-refractivity contribution in [3.63, 3.8) is 0 Å². The number of rotatable bonds is 11. The number of fused-ring (bicyclic) bond motifs is 2. The molecule has 0 amide bonds. The maximum atomic E-state index is 9.56. The first-order valence-corrected chi connectivity index (χ1v) is 14.7. The van der Waals surface area contributed by atoms with E-state index in [1.165, 1.54) is 5.56 Å². The first kappa shape index (κ1) is 32.1. The minimum Gasteiger partial charge on any atom is -0.508 e. The highest BCUT2D eigenvalue weighted by Gasteiger charge is 2.03. The van der Waals surface area contributed by atoms with Crippen LogP contribution in [0.15, 0.2) is 99.3 Å². The maximum absolute atomic E-state index is 9.56. The number of aromatic amines is 2. The van der Waals surface area contributed by atoms with Crippen molar-refractivity contribution in [2.75, 3.05) is 13.1 Å². The fourth-order valence-corrected chi connectivity index (χ4v) is 4.39. The van der Waals surface area contributed by atoms with Crippen LogP contribution >= 0.6 is 0 Å². The molecule has 0 aliphatic carbocycles. The third-order valence-corrected chi connectivity index (χ3v) is 6.73. The molecule has 45 heavy (non-hydrogen) atoms. The molecule has 10 N–H and O–H groups in total. The molecule has 0 atom stereocenters. The molecule has 0 aliphatic rings. The molecule has 0 unspecified atom stereocenters. The number of unbranched alkanes of at least 4 members (excludes halogenated alkanes) is 2. The van der Waals surface area contributed by atoms with E-state index in [9.17, 15) is 10.2 Å². The minimum atomic E-state index is 0.215. The third-order valence-electron chi connectivity index (χ3n) is 6.73. The summed E-state index contributed by atoms with van der Waals surface area (Å²) in [5.41, 5.74) is 21.7. The fraction of sp³-hybridized carbons (Fsp3) is 0.212. The van der Waals surface area contributed by atoms with Crippen molar-refractivity contribution in [3.05, 3.63) is 95.8 Å². The number of hydrazone groups is 2. The number of phenolic OH excluding ortho intramolecular Hbond substituents is 2. The van der Waals surface area contributed by atoms with Crippen LogP contribution in [0.4, 0.5) is 0 Å². The van der Waals surface area contributed by atoms with Gasteiger partial charge < -0.3 is 31.6 Å². The van der Waals surface area contributed by atoms with Crippen LogP contribution in [0.5, 0.6) is 11.5 Å². The summed E-state index contributed by atoms with van der Waals surface area (Å²) in [5, 5.41) is 29.0. The highest BCUT2D eigenvalue weighted by Crippen LogP contribution is 2.22. The number of H-pyrrole nitrogens is 2. The Morgan fingerprint density at radius 2 is 1.27 bits per heavy atom. The van der Waals surface area contributed by atoms with Gasteiger partial charge in [-0.05, 0) is 54.8 Å². The molecule has 2 aromatic heterocycles. The molecule has 0 fully saturated rings. The zero-order valence-electron chi connectivity index (χ0n) is 25.2. The zero-order chi connectivity index (χ0) is 31.9. The van der Waals surface area contributed by atoms with E-state index in [2.05, 4.69) is 60.1 Å². The Hall–Kier alpha value is -5.78. The molecule has 0 saturated carbocycles. The molecule has 12 heteroatoms. The second-order valence-electron chi connectivity index (χ2n) is 10.2.